The number of Topliss-reactive ketones (excluding diaryl/α,β-unsaturated/α-hetero) is 1. The Hall–Kier alpha value is -3.14. The number of nitrogens with zero attached hydrogens (tertiary/aromatic N) is 2. The minimum Gasteiger partial charge on any atom is -0.382 e. The second-order valence-corrected chi connectivity index (χ2v) is 5.23. The molecule has 7 heteroatoms. The largest absolute Gasteiger partial charge is 0.382 e. The second-order valence-electron chi connectivity index (χ2n) is 5.23. The van der Waals surface area contributed by atoms with Crippen LogP contribution in [0.3, 0.4) is 0 Å². The lowest BCUT2D eigenvalue weighted by atomic mass is 10.1. The average Bonchev–Trinajstić information content (AvgIpc) is 2.86. The number of nitriles is 1. The van der Waals surface area contributed by atoms with Crippen molar-refractivity contribution in [2.24, 2.45) is 0 Å². The van der Waals surface area contributed by atoms with Crippen molar-refractivity contribution in [1.29, 1.82) is 5.26 Å². The number of aromatic amines is 1. The summed E-state index contributed by atoms with van der Waals surface area (Å²) in [5.41, 5.74) is 0.647. The molecule has 0 bridgehead atoms. The summed E-state index contributed by atoms with van der Waals surface area (Å²) in [6, 6.07) is 5.94. The van der Waals surface area contributed by atoms with E-state index in [-0.39, 0.29) is 17.0 Å². The Kier molecular flexibility index (Phi) is 4.46. The van der Waals surface area contributed by atoms with Gasteiger partial charge in [-0.2, -0.15) is 5.26 Å². The van der Waals surface area contributed by atoms with Crippen LogP contribution in [0.4, 0.5) is 10.1 Å². The fourth-order valence-electron chi connectivity index (χ4n) is 2.10. The van der Waals surface area contributed by atoms with Crippen LogP contribution in [0.15, 0.2) is 30.0 Å². The molecule has 0 aliphatic carbocycles. The van der Waals surface area contributed by atoms with Crippen molar-refractivity contribution in [1.82, 2.24) is 9.88 Å². The number of anilines is 1. The third-order valence-corrected chi connectivity index (χ3v) is 3.02. The zero-order valence-electron chi connectivity index (χ0n) is 12.9. The number of H-pyrrole nitrogens is 1. The molecule has 0 aliphatic heterocycles. The van der Waals surface area contributed by atoms with Gasteiger partial charge in [0, 0.05) is 38.1 Å². The van der Waals surface area contributed by atoms with Crippen LogP contribution in [0.1, 0.15) is 17.4 Å². The first-order chi connectivity index (χ1) is 10.8. The molecule has 1 amide bonds. The summed E-state index contributed by atoms with van der Waals surface area (Å²) in [4.78, 5) is 27.8. The molecule has 0 atom stereocenters. The number of allylic oxidation sites excluding steroid dienone is 1. The minimum atomic E-state index is -0.602. The monoisotopic (exact) mass is 314 g/mol. The van der Waals surface area contributed by atoms with Crippen LogP contribution in [0, 0.1) is 17.1 Å². The van der Waals surface area contributed by atoms with Gasteiger partial charge in [0.05, 0.1) is 11.4 Å². The lowest BCUT2D eigenvalue weighted by molar-refractivity contribution is -0.114. The number of aromatic nitrogens is 1. The average molecular weight is 314 g/mol. The summed E-state index contributed by atoms with van der Waals surface area (Å²) in [6.07, 6.45) is 1.41. The molecule has 0 fully saturated rings. The molecule has 0 saturated heterocycles. The van der Waals surface area contributed by atoms with Gasteiger partial charge < -0.3 is 15.2 Å². The number of ketones is 1. The van der Waals surface area contributed by atoms with Crippen LogP contribution < -0.4 is 5.32 Å². The summed E-state index contributed by atoms with van der Waals surface area (Å²) < 4.78 is 13.9. The Morgan fingerprint density at radius 2 is 2.04 bits per heavy atom. The van der Waals surface area contributed by atoms with Gasteiger partial charge in [-0.15, -0.1) is 0 Å². The smallest absolute Gasteiger partial charge is 0.221 e. The first-order valence-corrected chi connectivity index (χ1v) is 6.74. The first kappa shape index (κ1) is 16.2. The maximum Gasteiger partial charge on any atom is 0.221 e. The Labute approximate surface area is 132 Å². The van der Waals surface area contributed by atoms with Crippen LogP contribution in [-0.4, -0.2) is 35.7 Å². The van der Waals surface area contributed by atoms with Gasteiger partial charge in [-0.3, -0.25) is 9.59 Å². The number of halogens is 1. The van der Waals surface area contributed by atoms with Crippen molar-refractivity contribution >= 4 is 28.3 Å². The molecule has 1 heterocycles. The van der Waals surface area contributed by atoms with E-state index in [1.165, 1.54) is 31.3 Å². The number of nitrogens with one attached hydrogen (secondary N) is 2. The van der Waals surface area contributed by atoms with E-state index in [1.54, 1.807) is 19.0 Å². The maximum absolute atomic E-state index is 13.9. The van der Waals surface area contributed by atoms with E-state index in [4.69, 9.17) is 5.26 Å². The molecule has 0 spiro atoms. The summed E-state index contributed by atoms with van der Waals surface area (Å²) in [5.74, 6) is -1.49. The van der Waals surface area contributed by atoms with E-state index in [2.05, 4.69) is 10.3 Å². The van der Waals surface area contributed by atoms with Crippen molar-refractivity contribution in [3.05, 3.63) is 41.5 Å². The SMILES string of the molecule is CC(=O)Nc1cc2[nH]c(C(=O)/C(C#N)=C/N(C)C)cc2cc1F. The van der Waals surface area contributed by atoms with Crippen molar-refractivity contribution in [3.8, 4) is 6.07 Å². The molecule has 2 N–H and O–H groups in total. The summed E-state index contributed by atoms with van der Waals surface area (Å²) in [7, 11) is 3.40. The van der Waals surface area contributed by atoms with E-state index in [1.807, 2.05) is 6.07 Å². The van der Waals surface area contributed by atoms with E-state index in [0.29, 0.717) is 10.9 Å². The van der Waals surface area contributed by atoms with Crippen molar-refractivity contribution < 1.29 is 14.0 Å². The molecule has 1 aromatic carbocycles. The lowest BCUT2D eigenvalue weighted by Crippen LogP contribution is -2.09. The number of benzene rings is 1. The van der Waals surface area contributed by atoms with Gasteiger partial charge in [0.25, 0.3) is 0 Å². The second kappa shape index (κ2) is 6.32. The fourth-order valence-corrected chi connectivity index (χ4v) is 2.10. The molecule has 23 heavy (non-hydrogen) atoms. The highest BCUT2D eigenvalue weighted by molar-refractivity contribution is 6.12. The third-order valence-electron chi connectivity index (χ3n) is 3.02. The molecule has 0 saturated carbocycles. The van der Waals surface area contributed by atoms with E-state index in [9.17, 15) is 14.0 Å². The molecular weight excluding hydrogens is 299 g/mol. The van der Waals surface area contributed by atoms with Crippen LogP contribution in [0.25, 0.3) is 10.9 Å². The Morgan fingerprint density at radius 3 is 2.61 bits per heavy atom. The molecule has 0 aliphatic rings. The highest BCUT2D eigenvalue weighted by Gasteiger charge is 2.16. The van der Waals surface area contributed by atoms with Gasteiger partial charge in [0.15, 0.2) is 0 Å². The number of hydrogen-bond acceptors (Lipinski definition) is 4. The fraction of sp³-hybridized carbons (Fsp3) is 0.188. The number of hydrogen-bond donors (Lipinski definition) is 2. The zero-order chi connectivity index (χ0) is 17.1. The van der Waals surface area contributed by atoms with Crippen LogP contribution in [0.2, 0.25) is 0 Å². The molecule has 2 aromatic rings. The van der Waals surface area contributed by atoms with Crippen LogP contribution in [0.5, 0.6) is 0 Å². The number of carbonyl (C=O) groups excluding carboxylic acids is 2. The standard InChI is InChI=1S/C16H15FN4O2/c1-9(22)19-14-6-13-10(4-12(14)17)5-15(20-13)16(23)11(7-18)8-21(2)3/h4-6,8,20H,1-3H3,(H,19,22)/b11-8+. The quantitative estimate of drug-likeness (QED) is 0.515. The van der Waals surface area contributed by atoms with Gasteiger partial charge in [0.2, 0.25) is 11.7 Å². The molecule has 2 rings (SSSR count). The summed E-state index contributed by atoms with van der Waals surface area (Å²) >= 11 is 0. The topological polar surface area (TPSA) is 89.0 Å². The highest BCUT2D eigenvalue weighted by atomic mass is 19.1. The number of rotatable bonds is 4. The molecule has 6 nitrogen and oxygen atoms in total. The molecule has 0 radical (unpaired) electrons. The Bertz CT molecular complexity index is 859. The molecular formula is C16H15FN4O2. The van der Waals surface area contributed by atoms with Gasteiger partial charge in [-0.05, 0) is 18.2 Å². The lowest BCUT2D eigenvalue weighted by Gasteiger charge is -2.04. The Balaban J connectivity index is 2.46. The van der Waals surface area contributed by atoms with Crippen molar-refractivity contribution in [2.75, 3.05) is 19.4 Å². The minimum absolute atomic E-state index is 0.0233. The molecule has 1 aromatic heterocycles. The van der Waals surface area contributed by atoms with Gasteiger partial charge in [-0.25, -0.2) is 4.39 Å². The van der Waals surface area contributed by atoms with Crippen LogP contribution in [-0.2, 0) is 4.79 Å². The molecule has 0 unspecified atom stereocenters. The van der Waals surface area contributed by atoms with Gasteiger partial charge in [-0.1, -0.05) is 0 Å². The van der Waals surface area contributed by atoms with E-state index in [0.717, 1.165) is 0 Å². The predicted molar refractivity (Wildman–Crippen MR) is 84.3 cm³/mol. The van der Waals surface area contributed by atoms with Crippen molar-refractivity contribution in [3.63, 3.8) is 0 Å². The zero-order valence-corrected chi connectivity index (χ0v) is 12.9. The number of fused-ring (bicyclic) bond motifs is 1. The number of carbonyl (C=O) groups is 2. The van der Waals surface area contributed by atoms with E-state index >= 15 is 0 Å². The van der Waals surface area contributed by atoms with Crippen LogP contribution >= 0.6 is 0 Å². The number of amides is 1. The summed E-state index contributed by atoms with van der Waals surface area (Å²) in [5, 5.41) is 11.9. The van der Waals surface area contributed by atoms with Crippen molar-refractivity contribution in [2.45, 2.75) is 6.92 Å². The highest BCUT2D eigenvalue weighted by Crippen LogP contribution is 2.24. The maximum atomic E-state index is 13.9. The first-order valence-electron chi connectivity index (χ1n) is 6.74. The predicted octanol–water partition coefficient (Wildman–Crippen LogP) is 2.42. The normalized spacial score (nSPS) is 11.2. The third kappa shape index (κ3) is 3.55. The Morgan fingerprint density at radius 1 is 1.35 bits per heavy atom. The van der Waals surface area contributed by atoms with Gasteiger partial charge in [0.1, 0.15) is 17.5 Å². The molecule has 118 valence electrons. The van der Waals surface area contributed by atoms with E-state index < -0.39 is 17.5 Å². The summed E-state index contributed by atoms with van der Waals surface area (Å²) in [6.45, 7) is 1.28. The van der Waals surface area contributed by atoms with Gasteiger partial charge >= 0.3 is 0 Å².